The maximum atomic E-state index is 14.1. The summed E-state index contributed by atoms with van der Waals surface area (Å²) in [5.41, 5.74) is 4.58. The smallest absolute Gasteiger partial charge is 0.236 e. The molecule has 5 heteroatoms. The Morgan fingerprint density at radius 3 is 2.74 bits per heavy atom. The predicted molar refractivity (Wildman–Crippen MR) is 74.0 cm³/mol. The molecule has 0 aromatic heterocycles. The average molecular weight is 263 g/mol. The molecule has 102 valence electrons. The van der Waals surface area contributed by atoms with Gasteiger partial charge in [0.05, 0.1) is 11.9 Å². The molecule has 0 atom stereocenters. The van der Waals surface area contributed by atoms with Crippen molar-refractivity contribution in [3.8, 4) is 0 Å². The van der Waals surface area contributed by atoms with E-state index in [1.165, 1.54) is 19.2 Å². The number of anilines is 1. The van der Waals surface area contributed by atoms with Crippen LogP contribution in [0.15, 0.2) is 17.2 Å². The standard InChI is InChI=1S/C14H18FN3O/c1-10-7-14(18-5-3-4-6-18)13(15)8-12(10)9-16-17-11(2)19/h7-9H,3-6H2,1-2H3,(H,17,19)/b16-9-. The van der Waals surface area contributed by atoms with Crippen molar-refractivity contribution in [3.05, 3.63) is 29.1 Å². The van der Waals surface area contributed by atoms with Crippen LogP contribution in [0.5, 0.6) is 0 Å². The minimum atomic E-state index is -0.247. The molecule has 1 aliphatic rings. The Balaban J connectivity index is 2.21. The van der Waals surface area contributed by atoms with E-state index in [1.54, 1.807) is 0 Å². The van der Waals surface area contributed by atoms with Crippen molar-refractivity contribution in [3.63, 3.8) is 0 Å². The number of nitrogens with zero attached hydrogens (tertiary/aromatic N) is 2. The molecule has 1 amide bonds. The van der Waals surface area contributed by atoms with Gasteiger partial charge in [0.2, 0.25) is 5.91 Å². The number of hydrogen-bond acceptors (Lipinski definition) is 3. The summed E-state index contributed by atoms with van der Waals surface area (Å²) in [6, 6.07) is 3.31. The molecule has 1 saturated heterocycles. The van der Waals surface area contributed by atoms with Gasteiger partial charge in [0.25, 0.3) is 0 Å². The van der Waals surface area contributed by atoms with E-state index in [0.717, 1.165) is 31.5 Å². The first-order chi connectivity index (χ1) is 9.08. The lowest BCUT2D eigenvalue weighted by Gasteiger charge is -2.19. The van der Waals surface area contributed by atoms with Crippen molar-refractivity contribution in [2.75, 3.05) is 18.0 Å². The number of halogens is 1. The van der Waals surface area contributed by atoms with Crippen LogP contribution in [0.25, 0.3) is 0 Å². The van der Waals surface area contributed by atoms with Gasteiger partial charge in [-0.05, 0) is 37.5 Å². The monoisotopic (exact) mass is 263 g/mol. The third-order valence-electron chi connectivity index (χ3n) is 3.21. The summed E-state index contributed by atoms with van der Waals surface area (Å²) in [7, 11) is 0. The Kier molecular flexibility index (Phi) is 4.14. The average Bonchev–Trinajstić information content (AvgIpc) is 2.86. The summed E-state index contributed by atoms with van der Waals surface area (Å²) >= 11 is 0. The first-order valence-electron chi connectivity index (χ1n) is 6.42. The van der Waals surface area contributed by atoms with Crippen LogP contribution in [-0.2, 0) is 4.79 Å². The van der Waals surface area contributed by atoms with Gasteiger partial charge in [-0.25, -0.2) is 9.82 Å². The van der Waals surface area contributed by atoms with Gasteiger partial charge in [-0.15, -0.1) is 0 Å². The van der Waals surface area contributed by atoms with Crippen molar-refractivity contribution >= 4 is 17.8 Å². The van der Waals surface area contributed by atoms with Crippen LogP contribution in [-0.4, -0.2) is 25.2 Å². The Labute approximate surface area is 112 Å². The van der Waals surface area contributed by atoms with Gasteiger partial charge in [-0.1, -0.05) is 0 Å². The summed E-state index contributed by atoms with van der Waals surface area (Å²) in [5.74, 6) is -0.486. The minimum absolute atomic E-state index is 0.239. The van der Waals surface area contributed by atoms with Gasteiger partial charge in [0, 0.05) is 25.6 Å². The number of aryl methyl sites for hydroxylation is 1. The Morgan fingerprint density at radius 2 is 2.11 bits per heavy atom. The van der Waals surface area contributed by atoms with E-state index in [1.807, 2.05) is 13.0 Å². The van der Waals surface area contributed by atoms with Crippen LogP contribution < -0.4 is 10.3 Å². The molecule has 1 N–H and O–H groups in total. The number of benzene rings is 1. The second kappa shape index (κ2) is 5.82. The number of hydrogen-bond donors (Lipinski definition) is 1. The molecule has 0 spiro atoms. The highest BCUT2D eigenvalue weighted by molar-refractivity contribution is 5.84. The molecule has 0 radical (unpaired) electrons. The molecule has 0 unspecified atom stereocenters. The number of rotatable bonds is 3. The number of nitrogens with one attached hydrogen (secondary N) is 1. The molecule has 0 bridgehead atoms. The van der Waals surface area contributed by atoms with Crippen molar-refractivity contribution in [1.29, 1.82) is 0 Å². The summed E-state index contributed by atoms with van der Waals surface area (Å²) in [6.45, 7) is 5.11. The Bertz CT molecular complexity index is 508. The summed E-state index contributed by atoms with van der Waals surface area (Å²) in [5, 5.41) is 3.77. The molecular formula is C14H18FN3O. The Morgan fingerprint density at radius 1 is 1.42 bits per heavy atom. The molecular weight excluding hydrogens is 245 g/mol. The normalized spacial score (nSPS) is 15.2. The fourth-order valence-corrected chi connectivity index (χ4v) is 2.21. The van der Waals surface area contributed by atoms with Gasteiger partial charge in [-0.2, -0.15) is 5.10 Å². The van der Waals surface area contributed by atoms with Crippen molar-refractivity contribution in [1.82, 2.24) is 5.43 Å². The molecule has 1 aromatic carbocycles. The molecule has 4 nitrogen and oxygen atoms in total. The van der Waals surface area contributed by atoms with Crippen LogP contribution in [0.2, 0.25) is 0 Å². The molecule has 1 aliphatic heterocycles. The number of carbonyl (C=O) groups excluding carboxylic acids is 1. The van der Waals surface area contributed by atoms with Gasteiger partial charge in [0.15, 0.2) is 0 Å². The van der Waals surface area contributed by atoms with E-state index in [4.69, 9.17) is 0 Å². The van der Waals surface area contributed by atoms with E-state index < -0.39 is 0 Å². The van der Waals surface area contributed by atoms with Crippen LogP contribution in [0, 0.1) is 12.7 Å². The zero-order valence-corrected chi connectivity index (χ0v) is 11.2. The van der Waals surface area contributed by atoms with Crippen LogP contribution in [0.1, 0.15) is 30.9 Å². The van der Waals surface area contributed by atoms with Crippen molar-refractivity contribution in [2.45, 2.75) is 26.7 Å². The lowest BCUT2D eigenvalue weighted by atomic mass is 10.1. The number of amides is 1. The van der Waals surface area contributed by atoms with E-state index in [-0.39, 0.29) is 11.7 Å². The van der Waals surface area contributed by atoms with Crippen LogP contribution >= 0.6 is 0 Å². The zero-order valence-electron chi connectivity index (χ0n) is 11.2. The van der Waals surface area contributed by atoms with Crippen LogP contribution in [0.3, 0.4) is 0 Å². The van der Waals surface area contributed by atoms with Gasteiger partial charge < -0.3 is 4.90 Å². The zero-order chi connectivity index (χ0) is 13.8. The van der Waals surface area contributed by atoms with E-state index in [2.05, 4.69) is 15.4 Å². The maximum absolute atomic E-state index is 14.1. The lowest BCUT2D eigenvalue weighted by Crippen LogP contribution is -2.19. The van der Waals surface area contributed by atoms with Crippen molar-refractivity contribution < 1.29 is 9.18 Å². The first kappa shape index (κ1) is 13.5. The first-order valence-corrected chi connectivity index (χ1v) is 6.42. The Hall–Kier alpha value is -1.91. The van der Waals surface area contributed by atoms with Gasteiger partial charge in [-0.3, -0.25) is 4.79 Å². The second-order valence-corrected chi connectivity index (χ2v) is 4.78. The number of hydrazone groups is 1. The second-order valence-electron chi connectivity index (χ2n) is 4.78. The highest BCUT2D eigenvalue weighted by Gasteiger charge is 2.17. The molecule has 2 rings (SSSR count). The molecule has 0 saturated carbocycles. The maximum Gasteiger partial charge on any atom is 0.236 e. The summed E-state index contributed by atoms with van der Waals surface area (Å²) in [6.07, 6.45) is 3.70. The largest absolute Gasteiger partial charge is 0.369 e. The van der Waals surface area contributed by atoms with Gasteiger partial charge in [0.1, 0.15) is 5.82 Å². The van der Waals surface area contributed by atoms with Crippen LogP contribution in [0.4, 0.5) is 10.1 Å². The quantitative estimate of drug-likeness (QED) is 0.671. The highest BCUT2D eigenvalue weighted by Crippen LogP contribution is 2.26. The molecule has 1 aromatic rings. The summed E-state index contributed by atoms with van der Waals surface area (Å²) in [4.78, 5) is 12.8. The topological polar surface area (TPSA) is 44.7 Å². The van der Waals surface area contributed by atoms with Gasteiger partial charge >= 0.3 is 0 Å². The lowest BCUT2D eigenvalue weighted by molar-refractivity contribution is -0.118. The molecule has 1 heterocycles. The third-order valence-corrected chi connectivity index (χ3v) is 3.21. The van der Waals surface area contributed by atoms with E-state index in [9.17, 15) is 9.18 Å². The molecule has 0 aliphatic carbocycles. The number of carbonyl (C=O) groups is 1. The third kappa shape index (κ3) is 3.30. The molecule has 19 heavy (non-hydrogen) atoms. The summed E-state index contributed by atoms with van der Waals surface area (Å²) < 4.78 is 14.1. The fourth-order valence-electron chi connectivity index (χ4n) is 2.21. The van der Waals surface area contributed by atoms with E-state index in [0.29, 0.717) is 11.3 Å². The fraction of sp³-hybridized carbons (Fsp3) is 0.429. The van der Waals surface area contributed by atoms with Crippen molar-refractivity contribution in [2.24, 2.45) is 5.10 Å². The highest BCUT2D eigenvalue weighted by atomic mass is 19.1. The van der Waals surface area contributed by atoms with E-state index >= 15 is 0 Å². The molecule has 1 fully saturated rings. The minimum Gasteiger partial charge on any atom is -0.369 e. The predicted octanol–water partition coefficient (Wildman–Crippen LogP) is 2.20. The SMILES string of the molecule is CC(=O)N/N=C\c1cc(F)c(N2CCCC2)cc1C.